The number of hydrogen-bond donors (Lipinski definition) is 1. The van der Waals surface area contributed by atoms with E-state index in [0.29, 0.717) is 52.2 Å². The number of nitrogens with two attached hydrogens (primary N) is 1. The Kier molecular flexibility index (Phi) is 6.02. The molecule has 0 unspecified atom stereocenters. The van der Waals surface area contributed by atoms with E-state index in [9.17, 15) is 9.59 Å². The van der Waals surface area contributed by atoms with Crippen molar-refractivity contribution in [3.8, 4) is 0 Å². The topological polar surface area (TPSA) is 75.9 Å². The van der Waals surface area contributed by atoms with Crippen molar-refractivity contribution in [2.24, 2.45) is 5.73 Å². The standard InChI is InChI=1S/C15H21N3O3S.ClH/c16-15(3-9-21-10-4-15)14(20)18-7-5-17(6-8-18)13(19)12-2-1-11-22-12;/h1-2,11H,3-10,16H2;1H. The summed E-state index contributed by atoms with van der Waals surface area (Å²) in [6.07, 6.45) is 1.14. The summed E-state index contributed by atoms with van der Waals surface area (Å²) in [6.45, 7) is 3.31. The predicted molar refractivity (Wildman–Crippen MR) is 91.0 cm³/mol. The maximum atomic E-state index is 12.6. The fourth-order valence-corrected chi connectivity index (χ4v) is 3.62. The lowest BCUT2D eigenvalue weighted by Crippen LogP contribution is -2.61. The molecule has 0 atom stereocenters. The van der Waals surface area contributed by atoms with Gasteiger partial charge in [-0.25, -0.2) is 0 Å². The van der Waals surface area contributed by atoms with Gasteiger partial charge in [-0.3, -0.25) is 9.59 Å². The summed E-state index contributed by atoms with van der Waals surface area (Å²) in [5, 5.41) is 1.90. The van der Waals surface area contributed by atoms with E-state index in [1.807, 2.05) is 22.4 Å². The maximum absolute atomic E-state index is 12.6. The summed E-state index contributed by atoms with van der Waals surface area (Å²) in [4.78, 5) is 29.3. The molecule has 2 N–H and O–H groups in total. The van der Waals surface area contributed by atoms with E-state index >= 15 is 0 Å². The van der Waals surface area contributed by atoms with Crippen LogP contribution in [0.3, 0.4) is 0 Å². The fraction of sp³-hybridized carbons (Fsp3) is 0.600. The second-order valence-corrected chi connectivity index (χ2v) is 6.78. The molecule has 0 aromatic carbocycles. The van der Waals surface area contributed by atoms with Gasteiger partial charge in [0, 0.05) is 39.4 Å². The number of halogens is 1. The third-order valence-corrected chi connectivity index (χ3v) is 5.25. The maximum Gasteiger partial charge on any atom is 0.264 e. The lowest BCUT2D eigenvalue weighted by Gasteiger charge is -2.40. The SMILES string of the molecule is Cl.NC1(C(=O)N2CCN(C(=O)c3cccs3)CC2)CCOCC1. The molecule has 0 aliphatic carbocycles. The first-order valence-electron chi connectivity index (χ1n) is 7.59. The van der Waals surface area contributed by atoms with Crippen LogP contribution in [0.15, 0.2) is 17.5 Å². The van der Waals surface area contributed by atoms with E-state index in [1.54, 1.807) is 4.90 Å². The average Bonchev–Trinajstić information content (AvgIpc) is 3.09. The summed E-state index contributed by atoms with van der Waals surface area (Å²) in [7, 11) is 0. The third-order valence-electron chi connectivity index (χ3n) is 4.40. The highest BCUT2D eigenvalue weighted by molar-refractivity contribution is 7.12. The van der Waals surface area contributed by atoms with Crippen molar-refractivity contribution in [1.82, 2.24) is 9.80 Å². The minimum Gasteiger partial charge on any atom is -0.381 e. The van der Waals surface area contributed by atoms with Gasteiger partial charge in [0.1, 0.15) is 0 Å². The molecule has 1 aromatic heterocycles. The number of ether oxygens (including phenoxy) is 1. The summed E-state index contributed by atoms with van der Waals surface area (Å²) >= 11 is 1.45. The lowest BCUT2D eigenvalue weighted by atomic mass is 9.89. The number of hydrogen-bond acceptors (Lipinski definition) is 5. The van der Waals surface area contributed by atoms with Crippen LogP contribution < -0.4 is 5.73 Å². The van der Waals surface area contributed by atoms with Gasteiger partial charge >= 0.3 is 0 Å². The largest absolute Gasteiger partial charge is 0.381 e. The zero-order valence-corrected chi connectivity index (χ0v) is 14.5. The van der Waals surface area contributed by atoms with E-state index in [-0.39, 0.29) is 24.2 Å². The van der Waals surface area contributed by atoms with E-state index in [4.69, 9.17) is 10.5 Å². The van der Waals surface area contributed by atoms with Gasteiger partial charge in [0.25, 0.3) is 5.91 Å². The van der Waals surface area contributed by atoms with Crippen molar-refractivity contribution in [2.45, 2.75) is 18.4 Å². The first-order chi connectivity index (χ1) is 10.6. The van der Waals surface area contributed by atoms with Crippen molar-refractivity contribution in [2.75, 3.05) is 39.4 Å². The molecule has 0 saturated carbocycles. The molecule has 2 aliphatic heterocycles. The first kappa shape index (κ1) is 18.2. The number of rotatable bonds is 2. The first-order valence-corrected chi connectivity index (χ1v) is 8.47. The van der Waals surface area contributed by atoms with Crippen molar-refractivity contribution >= 4 is 35.6 Å². The van der Waals surface area contributed by atoms with E-state index in [2.05, 4.69) is 0 Å². The molecular weight excluding hydrogens is 338 g/mol. The van der Waals surface area contributed by atoms with Crippen LogP contribution in [-0.4, -0.2) is 66.5 Å². The van der Waals surface area contributed by atoms with Crippen LogP contribution >= 0.6 is 23.7 Å². The molecule has 0 spiro atoms. The Morgan fingerprint density at radius 3 is 2.30 bits per heavy atom. The van der Waals surface area contributed by atoms with Crippen molar-refractivity contribution in [3.63, 3.8) is 0 Å². The Bertz CT molecular complexity index is 538. The Morgan fingerprint density at radius 1 is 1.13 bits per heavy atom. The molecule has 23 heavy (non-hydrogen) atoms. The number of thiophene rings is 1. The fourth-order valence-electron chi connectivity index (χ4n) is 2.93. The van der Waals surface area contributed by atoms with Crippen molar-refractivity contribution in [1.29, 1.82) is 0 Å². The molecule has 3 rings (SSSR count). The molecule has 0 radical (unpaired) electrons. The molecular formula is C15H22ClN3O3S. The van der Waals surface area contributed by atoms with E-state index < -0.39 is 5.54 Å². The molecule has 128 valence electrons. The Balaban J connectivity index is 0.00000192. The molecule has 2 amide bonds. The van der Waals surface area contributed by atoms with Crippen molar-refractivity contribution in [3.05, 3.63) is 22.4 Å². The zero-order chi connectivity index (χ0) is 15.6. The summed E-state index contributed by atoms with van der Waals surface area (Å²) in [5.41, 5.74) is 5.46. The molecule has 2 saturated heterocycles. The van der Waals surface area contributed by atoms with Crippen molar-refractivity contribution < 1.29 is 14.3 Å². The highest BCUT2D eigenvalue weighted by Gasteiger charge is 2.40. The van der Waals surface area contributed by atoms with Crippen LogP contribution in [0.25, 0.3) is 0 Å². The smallest absolute Gasteiger partial charge is 0.264 e. The second-order valence-electron chi connectivity index (χ2n) is 5.83. The molecule has 2 fully saturated rings. The van der Waals surface area contributed by atoms with Crippen LogP contribution in [0.5, 0.6) is 0 Å². The van der Waals surface area contributed by atoms with Crippen LogP contribution in [-0.2, 0) is 9.53 Å². The highest BCUT2D eigenvalue weighted by atomic mass is 35.5. The van der Waals surface area contributed by atoms with Gasteiger partial charge < -0.3 is 20.3 Å². The second kappa shape index (κ2) is 7.61. The molecule has 3 heterocycles. The number of carbonyl (C=O) groups excluding carboxylic acids is 2. The minimum atomic E-state index is -0.793. The Hall–Kier alpha value is -1.15. The average molecular weight is 360 g/mol. The Labute approximate surface area is 146 Å². The highest BCUT2D eigenvalue weighted by Crippen LogP contribution is 2.22. The molecule has 0 bridgehead atoms. The third kappa shape index (κ3) is 3.85. The van der Waals surface area contributed by atoms with Crippen LogP contribution in [0.4, 0.5) is 0 Å². The zero-order valence-electron chi connectivity index (χ0n) is 12.9. The Morgan fingerprint density at radius 2 is 1.74 bits per heavy atom. The number of piperazine rings is 1. The van der Waals surface area contributed by atoms with Gasteiger partial charge in [-0.2, -0.15) is 0 Å². The molecule has 6 nitrogen and oxygen atoms in total. The molecule has 2 aliphatic rings. The lowest BCUT2D eigenvalue weighted by molar-refractivity contribution is -0.142. The molecule has 8 heteroatoms. The monoisotopic (exact) mass is 359 g/mol. The van der Waals surface area contributed by atoms with Gasteiger partial charge in [0.15, 0.2) is 0 Å². The van der Waals surface area contributed by atoms with E-state index in [0.717, 1.165) is 4.88 Å². The van der Waals surface area contributed by atoms with Gasteiger partial charge in [-0.15, -0.1) is 23.7 Å². The summed E-state index contributed by atoms with van der Waals surface area (Å²) in [6, 6.07) is 3.71. The van der Waals surface area contributed by atoms with E-state index in [1.165, 1.54) is 11.3 Å². The summed E-state index contributed by atoms with van der Waals surface area (Å²) in [5.74, 6) is 0.0506. The van der Waals surface area contributed by atoms with Gasteiger partial charge in [0.2, 0.25) is 5.91 Å². The van der Waals surface area contributed by atoms with Gasteiger partial charge in [0.05, 0.1) is 10.4 Å². The normalized spacial score (nSPS) is 20.7. The predicted octanol–water partition coefficient (Wildman–Crippen LogP) is 0.962. The minimum absolute atomic E-state index is 0. The van der Waals surface area contributed by atoms with Crippen LogP contribution in [0, 0.1) is 0 Å². The number of nitrogens with zero attached hydrogens (tertiary/aromatic N) is 2. The van der Waals surface area contributed by atoms with Gasteiger partial charge in [-0.1, -0.05) is 6.07 Å². The molecule has 1 aromatic rings. The summed E-state index contributed by atoms with van der Waals surface area (Å²) < 4.78 is 5.29. The van der Waals surface area contributed by atoms with Crippen LogP contribution in [0.1, 0.15) is 22.5 Å². The van der Waals surface area contributed by atoms with Crippen LogP contribution in [0.2, 0.25) is 0 Å². The number of carbonyl (C=O) groups is 2. The quantitative estimate of drug-likeness (QED) is 0.853. The number of amides is 2. The van der Waals surface area contributed by atoms with Gasteiger partial charge in [-0.05, 0) is 24.3 Å².